The maximum atomic E-state index is 12.2. The zero-order chi connectivity index (χ0) is 14.1. The van der Waals surface area contributed by atoms with Gasteiger partial charge in [0.25, 0.3) is 0 Å². The fourth-order valence-electron chi connectivity index (χ4n) is 2.46. The van der Waals surface area contributed by atoms with Gasteiger partial charge in [-0.25, -0.2) is 4.98 Å². The van der Waals surface area contributed by atoms with Gasteiger partial charge in [-0.15, -0.1) is 0 Å². The topological polar surface area (TPSA) is 56.2 Å². The Morgan fingerprint density at radius 2 is 2.45 bits per heavy atom. The van der Waals surface area contributed by atoms with Gasteiger partial charge in [-0.2, -0.15) is 0 Å². The van der Waals surface area contributed by atoms with E-state index in [1.54, 1.807) is 0 Å². The maximum Gasteiger partial charge on any atom is 0.232 e. The van der Waals surface area contributed by atoms with E-state index < -0.39 is 0 Å². The highest BCUT2D eigenvalue weighted by molar-refractivity contribution is 9.10. The highest BCUT2D eigenvalue weighted by Crippen LogP contribution is 2.24. The number of imidazole rings is 1. The minimum absolute atomic E-state index is 0.00780. The molecule has 106 valence electrons. The summed E-state index contributed by atoms with van der Waals surface area (Å²) in [5.41, 5.74) is 1.90. The highest BCUT2D eigenvalue weighted by atomic mass is 79.9. The van der Waals surface area contributed by atoms with Crippen molar-refractivity contribution >= 4 is 38.8 Å². The lowest BCUT2D eigenvalue weighted by Crippen LogP contribution is -2.24. The Morgan fingerprint density at radius 1 is 1.60 bits per heavy atom. The Kier molecular flexibility index (Phi) is 3.76. The number of hydrogen-bond donors (Lipinski definition) is 1. The predicted octanol–water partition coefficient (Wildman–Crippen LogP) is 2.79. The van der Waals surface area contributed by atoms with Crippen LogP contribution in [-0.2, 0) is 16.1 Å². The van der Waals surface area contributed by atoms with Gasteiger partial charge in [-0.1, -0.05) is 15.9 Å². The van der Waals surface area contributed by atoms with Gasteiger partial charge >= 0.3 is 0 Å². The molecule has 1 unspecified atom stereocenters. The molecule has 3 rings (SSSR count). The van der Waals surface area contributed by atoms with Crippen LogP contribution in [0.2, 0.25) is 0 Å². The van der Waals surface area contributed by atoms with Crippen molar-refractivity contribution in [3.63, 3.8) is 0 Å². The molecule has 1 aliphatic rings. The molecule has 0 aliphatic carbocycles. The van der Waals surface area contributed by atoms with Crippen LogP contribution >= 0.6 is 15.9 Å². The van der Waals surface area contributed by atoms with Gasteiger partial charge in [0.05, 0.1) is 23.6 Å². The first-order chi connectivity index (χ1) is 9.69. The van der Waals surface area contributed by atoms with Gasteiger partial charge in [0.15, 0.2) is 0 Å². The molecule has 6 heteroatoms. The van der Waals surface area contributed by atoms with Crippen LogP contribution in [-0.4, -0.2) is 28.7 Å². The minimum Gasteiger partial charge on any atom is -0.381 e. The molecule has 1 fully saturated rings. The van der Waals surface area contributed by atoms with E-state index in [1.807, 2.05) is 29.7 Å². The zero-order valence-corrected chi connectivity index (χ0v) is 12.8. The third-order valence-electron chi connectivity index (χ3n) is 3.56. The Labute approximate surface area is 125 Å². The van der Waals surface area contributed by atoms with E-state index in [9.17, 15) is 4.79 Å². The second kappa shape index (κ2) is 5.54. The first kappa shape index (κ1) is 13.6. The summed E-state index contributed by atoms with van der Waals surface area (Å²) in [6.45, 7) is 3.96. The number of carbonyl (C=O) groups is 1. The number of aromatic nitrogens is 2. The van der Waals surface area contributed by atoms with Crippen molar-refractivity contribution in [3.8, 4) is 0 Å². The number of benzene rings is 1. The van der Waals surface area contributed by atoms with Crippen molar-refractivity contribution in [2.75, 3.05) is 18.5 Å². The standard InChI is InChI=1S/C14H16BrN3O2/c1-2-18-12-7-10(15)3-4-11(12)16-14(18)17-13(19)9-5-6-20-8-9/h3-4,7,9H,2,5-6,8H2,1H3,(H,16,17,19). The van der Waals surface area contributed by atoms with Crippen molar-refractivity contribution in [3.05, 3.63) is 22.7 Å². The molecular weight excluding hydrogens is 322 g/mol. The molecule has 1 N–H and O–H groups in total. The number of rotatable bonds is 3. The highest BCUT2D eigenvalue weighted by Gasteiger charge is 2.25. The summed E-state index contributed by atoms with van der Waals surface area (Å²) < 4.78 is 8.26. The molecule has 1 aliphatic heterocycles. The second-order valence-electron chi connectivity index (χ2n) is 4.86. The van der Waals surface area contributed by atoms with Crippen molar-refractivity contribution in [1.29, 1.82) is 0 Å². The summed E-state index contributed by atoms with van der Waals surface area (Å²) in [5.74, 6) is 0.538. The van der Waals surface area contributed by atoms with Crippen LogP contribution in [0.15, 0.2) is 22.7 Å². The van der Waals surface area contributed by atoms with Gasteiger partial charge in [-0.3, -0.25) is 10.1 Å². The molecule has 2 aromatic rings. The summed E-state index contributed by atoms with van der Waals surface area (Å²) in [7, 11) is 0. The van der Waals surface area contributed by atoms with Crippen molar-refractivity contribution < 1.29 is 9.53 Å². The van der Waals surface area contributed by atoms with Gasteiger partial charge < -0.3 is 9.30 Å². The van der Waals surface area contributed by atoms with E-state index in [0.29, 0.717) is 19.2 Å². The number of fused-ring (bicyclic) bond motifs is 1. The third kappa shape index (κ3) is 2.45. The number of nitrogens with one attached hydrogen (secondary N) is 1. The molecule has 1 aromatic heterocycles. The lowest BCUT2D eigenvalue weighted by atomic mass is 10.1. The van der Waals surface area contributed by atoms with Crippen LogP contribution < -0.4 is 5.32 Å². The summed E-state index contributed by atoms with van der Waals surface area (Å²) in [6, 6.07) is 5.91. The molecule has 20 heavy (non-hydrogen) atoms. The molecule has 2 heterocycles. The largest absolute Gasteiger partial charge is 0.381 e. The van der Waals surface area contributed by atoms with Crippen LogP contribution in [0.5, 0.6) is 0 Å². The summed E-state index contributed by atoms with van der Waals surface area (Å²) in [5, 5.41) is 2.93. The van der Waals surface area contributed by atoms with Crippen LogP contribution in [0.4, 0.5) is 5.95 Å². The lowest BCUT2D eigenvalue weighted by Gasteiger charge is -2.10. The molecule has 1 aromatic carbocycles. The SMILES string of the molecule is CCn1c(NC(=O)C2CCOC2)nc2ccc(Br)cc21. The normalized spacial score (nSPS) is 18.6. The average Bonchev–Trinajstić information content (AvgIpc) is 3.05. The quantitative estimate of drug-likeness (QED) is 0.936. The van der Waals surface area contributed by atoms with Crippen LogP contribution in [0.25, 0.3) is 11.0 Å². The van der Waals surface area contributed by atoms with E-state index in [1.165, 1.54) is 0 Å². The summed E-state index contributed by atoms with van der Waals surface area (Å²) in [4.78, 5) is 16.7. The number of amides is 1. The first-order valence-electron chi connectivity index (χ1n) is 6.73. The van der Waals surface area contributed by atoms with E-state index >= 15 is 0 Å². The van der Waals surface area contributed by atoms with E-state index in [0.717, 1.165) is 28.5 Å². The third-order valence-corrected chi connectivity index (χ3v) is 4.06. The van der Waals surface area contributed by atoms with Gasteiger partial charge in [-0.05, 0) is 31.5 Å². The Balaban J connectivity index is 1.92. The van der Waals surface area contributed by atoms with Gasteiger partial charge in [0, 0.05) is 17.6 Å². The van der Waals surface area contributed by atoms with Crippen LogP contribution in [0.3, 0.4) is 0 Å². The number of carbonyl (C=O) groups excluding carboxylic acids is 1. The smallest absolute Gasteiger partial charge is 0.232 e. The number of nitrogens with zero attached hydrogens (tertiary/aromatic N) is 2. The first-order valence-corrected chi connectivity index (χ1v) is 7.52. The number of ether oxygens (including phenoxy) is 1. The molecule has 1 atom stereocenters. The van der Waals surface area contributed by atoms with Crippen molar-refractivity contribution in [2.24, 2.45) is 5.92 Å². The number of aryl methyl sites for hydroxylation is 1. The Hall–Kier alpha value is -1.40. The average molecular weight is 338 g/mol. The second-order valence-corrected chi connectivity index (χ2v) is 5.78. The fourth-order valence-corrected chi connectivity index (χ4v) is 2.81. The fraction of sp³-hybridized carbons (Fsp3) is 0.429. The molecule has 5 nitrogen and oxygen atoms in total. The molecule has 1 amide bonds. The lowest BCUT2D eigenvalue weighted by molar-refractivity contribution is -0.119. The van der Waals surface area contributed by atoms with E-state index in [-0.39, 0.29) is 11.8 Å². The molecule has 1 saturated heterocycles. The van der Waals surface area contributed by atoms with Crippen molar-refractivity contribution in [1.82, 2.24) is 9.55 Å². The molecular formula is C14H16BrN3O2. The Bertz CT molecular complexity index is 647. The molecule has 0 spiro atoms. The molecule has 0 bridgehead atoms. The predicted molar refractivity (Wildman–Crippen MR) is 80.7 cm³/mol. The number of halogens is 1. The van der Waals surface area contributed by atoms with Crippen LogP contribution in [0, 0.1) is 5.92 Å². The van der Waals surface area contributed by atoms with E-state index in [4.69, 9.17) is 4.74 Å². The zero-order valence-electron chi connectivity index (χ0n) is 11.2. The van der Waals surface area contributed by atoms with Gasteiger partial charge in [0.1, 0.15) is 0 Å². The maximum absolute atomic E-state index is 12.2. The number of anilines is 1. The Morgan fingerprint density at radius 3 is 3.15 bits per heavy atom. The minimum atomic E-state index is -0.0631. The monoisotopic (exact) mass is 337 g/mol. The van der Waals surface area contributed by atoms with Crippen LogP contribution in [0.1, 0.15) is 13.3 Å². The number of hydrogen-bond acceptors (Lipinski definition) is 3. The van der Waals surface area contributed by atoms with Gasteiger partial charge in [0.2, 0.25) is 11.9 Å². The molecule has 0 saturated carbocycles. The summed E-state index contributed by atoms with van der Waals surface area (Å²) >= 11 is 3.46. The summed E-state index contributed by atoms with van der Waals surface area (Å²) in [6.07, 6.45) is 0.781. The van der Waals surface area contributed by atoms with Crippen molar-refractivity contribution in [2.45, 2.75) is 19.9 Å². The molecule has 0 radical (unpaired) electrons. The van der Waals surface area contributed by atoms with E-state index in [2.05, 4.69) is 26.2 Å².